The summed E-state index contributed by atoms with van der Waals surface area (Å²) in [6.45, 7) is 9.20. The molecule has 1 aromatic heterocycles. The zero-order valence-electron chi connectivity index (χ0n) is 17.8. The molecule has 1 atom stereocenters. The molecule has 0 radical (unpaired) electrons. The third kappa shape index (κ3) is 8.12. The summed E-state index contributed by atoms with van der Waals surface area (Å²) in [5.74, 6) is 1.90. The minimum atomic E-state index is 0. The molecule has 1 fully saturated rings. The zero-order valence-corrected chi connectivity index (χ0v) is 20.2. The van der Waals surface area contributed by atoms with Crippen LogP contribution in [0.2, 0.25) is 0 Å². The van der Waals surface area contributed by atoms with Crippen LogP contribution in [0.3, 0.4) is 0 Å². The van der Waals surface area contributed by atoms with Crippen molar-refractivity contribution in [1.29, 1.82) is 0 Å². The number of nitrogens with zero attached hydrogens (tertiary/aromatic N) is 3. The second-order valence-corrected chi connectivity index (χ2v) is 7.63. The van der Waals surface area contributed by atoms with E-state index < -0.39 is 0 Å². The third-order valence-electron chi connectivity index (χ3n) is 5.26. The third-order valence-corrected chi connectivity index (χ3v) is 5.26. The Balaban J connectivity index is 0.00000300. The number of anilines is 1. The van der Waals surface area contributed by atoms with Gasteiger partial charge in [0.15, 0.2) is 5.96 Å². The molecule has 1 aromatic rings. The predicted octanol–water partition coefficient (Wildman–Crippen LogP) is 3.87. The van der Waals surface area contributed by atoms with Gasteiger partial charge >= 0.3 is 0 Å². The maximum atomic E-state index is 5.64. The lowest BCUT2D eigenvalue weighted by Crippen LogP contribution is -2.41. The van der Waals surface area contributed by atoms with Gasteiger partial charge in [-0.05, 0) is 63.6 Å². The number of nitrogens with one attached hydrogen (secondary N) is 2. The molecule has 162 valence electrons. The zero-order chi connectivity index (χ0) is 19.6. The van der Waals surface area contributed by atoms with Crippen LogP contribution in [0.25, 0.3) is 0 Å². The number of rotatable bonds is 7. The molecule has 2 heterocycles. The first kappa shape index (κ1) is 23.9. The molecule has 0 spiro atoms. The first-order chi connectivity index (χ1) is 13.7. The molecular weight excluding hydrogens is 477 g/mol. The van der Waals surface area contributed by atoms with Gasteiger partial charge in [-0.3, -0.25) is 0 Å². The molecule has 7 heteroatoms. The number of pyridine rings is 1. The van der Waals surface area contributed by atoms with Crippen molar-refractivity contribution in [3.8, 4) is 0 Å². The van der Waals surface area contributed by atoms with Crippen molar-refractivity contribution in [3.63, 3.8) is 0 Å². The van der Waals surface area contributed by atoms with Crippen LogP contribution in [0.15, 0.2) is 35.0 Å². The average Bonchev–Trinajstić information content (AvgIpc) is 2.73. The average molecular weight is 513 g/mol. The molecular formula is C22H36IN5O. The number of hydrogen-bond donors (Lipinski definition) is 2. The summed E-state index contributed by atoms with van der Waals surface area (Å²) < 4.78 is 5.64. The molecule has 2 aliphatic rings. The SMILES string of the molecule is CCNC(=NCc1ccnc(N2CCOC(C)C2)c1)NCCC1=CCCCC1.I. The first-order valence-electron chi connectivity index (χ1n) is 10.8. The highest BCUT2D eigenvalue weighted by Gasteiger charge is 2.18. The Kier molecular flexibility index (Phi) is 10.8. The first-order valence-corrected chi connectivity index (χ1v) is 10.8. The molecule has 1 aliphatic heterocycles. The number of ether oxygens (including phenoxy) is 1. The maximum Gasteiger partial charge on any atom is 0.191 e. The summed E-state index contributed by atoms with van der Waals surface area (Å²) in [6.07, 6.45) is 10.9. The molecule has 0 amide bonds. The van der Waals surface area contributed by atoms with E-state index in [4.69, 9.17) is 9.73 Å². The van der Waals surface area contributed by atoms with Gasteiger partial charge in [0.25, 0.3) is 0 Å². The fourth-order valence-corrected chi connectivity index (χ4v) is 3.74. The van der Waals surface area contributed by atoms with Crippen molar-refractivity contribution >= 4 is 35.8 Å². The van der Waals surface area contributed by atoms with Gasteiger partial charge in [-0.25, -0.2) is 9.98 Å². The van der Waals surface area contributed by atoms with Gasteiger partial charge in [-0.2, -0.15) is 0 Å². The summed E-state index contributed by atoms with van der Waals surface area (Å²) in [5.41, 5.74) is 2.77. The van der Waals surface area contributed by atoms with Crippen LogP contribution in [0.5, 0.6) is 0 Å². The van der Waals surface area contributed by atoms with Crippen LogP contribution in [-0.2, 0) is 11.3 Å². The molecule has 0 bridgehead atoms. The highest BCUT2D eigenvalue weighted by atomic mass is 127. The number of aromatic nitrogens is 1. The number of morpholine rings is 1. The molecule has 1 unspecified atom stereocenters. The molecule has 29 heavy (non-hydrogen) atoms. The highest BCUT2D eigenvalue weighted by Crippen LogP contribution is 2.19. The predicted molar refractivity (Wildman–Crippen MR) is 131 cm³/mol. The lowest BCUT2D eigenvalue weighted by Gasteiger charge is -2.32. The van der Waals surface area contributed by atoms with E-state index in [9.17, 15) is 0 Å². The summed E-state index contributed by atoms with van der Waals surface area (Å²) in [6, 6.07) is 4.20. The van der Waals surface area contributed by atoms with Crippen molar-refractivity contribution in [3.05, 3.63) is 35.5 Å². The van der Waals surface area contributed by atoms with E-state index in [0.29, 0.717) is 6.54 Å². The van der Waals surface area contributed by atoms with E-state index in [2.05, 4.69) is 46.5 Å². The quantitative estimate of drug-likeness (QED) is 0.251. The Bertz CT molecular complexity index is 679. The fourth-order valence-electron chi connectivity index (χ4n) is 3.74. The number of guanidine groups is 1. The molecule has 3 rings (SSSR count). The summed E-state index contributed by atoms with van der Waals surface area (Å²) in [7, 11) is 0. The standard InChI is InChI=1S/C22H35N5O.HI/c1-3-23-22(25-12-9-19-7-5-4-6-8-19)26-16-20-10-11-24-21(15-20)27-13-14-28-18(2)17-27;/h7,10-11,15,18H,3-6,8-9,12-14,16-17H2,1-2H3,(H2,23,25,26);1H. The van der Waals surface area contributed by atoms with Crippen LogP contribution in [0.4, 0.5) is 5.82 Å². The van der Waals surface area contributed by atoms with Crippen molar-refractivity contribution in [2.24, 2.45) is 4.99 Å². The minimum absolute atomic E-state index is 0. The smallest absolute Gasteiger partial charge is 0.191 e. The Hall–Kier alpha value is -1.35. The Morgan fingerprint density at radius 2 is 2.24 bits per heavy atom. The van der Waals surface area contributed by atoms with E-state index >= 15 is 0 Å². The van der Waals surface area contributed by atoms with Crippen molar-refractivity contribution in [2.45, 2.75) is 58.6 Å². The maximum absolute atomic E-state index is 5.64. The second-order valence-electron chi connectivity index (χ2n) is 7.63. The van der Waals surface area contributed by atoms with Crippen molar-refractivity contribution in [1.82, 2.24) is 15.6 Å². The number of allylic oxidation sites excluding steroid dienone is 1. The molecule has 0 saturated carbocycles. The minimum Gasteiger partial charge on any atom is -0.375 e. The van der Waals surface area contributed by atoms with Crippen LogP contribution < -0.4 is 15.5 Å². The summed E-state index contributed by atoms with van der Waals surface area (Å²) >= 11 is 0. The Morgan fingerprint density at radius 1 is 1.34 bits per heavy atom. The van der Waals surface area contributed by atoms with Crippen molar-refractivity contribution in [2.75, 3.05) is 37.7 Å². The van der Waals surface area contributed by atoms with Crippen LogP contribution >= 0.6 is 24.0 Å². The van der Waals surface area contributed by atoms with Gasteiger partial charge in [-0.15, -0.1) is 24.0 Å². The van der Waals surface area contributed by atoms with Gasteiger partial charge in [0.2, 0.25) is 0 Å². The molecule has 2 N–H and O–H groups in total. The second kappa shape index (κ2) is 13.1. The van der Waals surface area contributed by atoms with E-state index in [-0.39, 0.29) is 30.1 Å². The van der Waals surface area contributed by atoms with Crippen molar-refractivity contribution < 1.29 is 4.74 Å². The van der Waals surface area contributed by atoms with Gasteiger partial charge in [0, 0.05) is 32.4 Å². The van der Waals surface area contributed by atoms with Gasteiger partial charge in [-0.1, -0.05) is 11.6 Å². The highest BCUT2D eigenvalue weighted by molar-refractivity contribution is 14.0. The van der Waals surface area contributed by atoms with Crippen LogP contribution in [-0.4, -0.2) is 49.8 Å². The molecule has 1 aliphatic carbocycles. The summed E-state index contributed by atoms with van der Waals surface area (Å²) in [5, 5.41) is 6.83. The van der Waals surface area contributed by atoms with Gasteiger partial charge in [0.1, 0.15) is 5.82 Å². The van der Waals surface area contributed by atoms with Gasteiger partial charge in [0.05, 0.1) is 19.3 Å². The normalized spacial score (nSPS) is 19.9. The van der Waals surface area contributed by atoms with E-state index in [1.165, 1.54) is 31.2 Å². The Morgan fingerprint density at radius 3 is 3.00 bits per heavy atom. The lowest BCUT2D eigenvalue weighted by molar-refractivity contribution is 0.0529. The van der Waals surface area contributed by atoms with Gasteiger partial charge < -0.3 is 20.3 Å². The largest absolute Gasteiger partial charge is 0.375 e. The topological polar surface area (TPSA) is 61.8 Å². The monoisotopic (exact) mass is 513 g/mol. The molecule has 6 nitrogen and oxygen atoms in total. The number of aliphatic imine (C=N–C) groups is 1. The van der Waals surface area contributed by atoms with E-state index in [1.54, 1.807) is 5.57 Å². The summed E-state index contributed by atoms with van der Waals surface area (Å²) in [4.78, 5) is 11.6. The van der Waals surface area contributed by atoms with E-state index in [0.717, 1.165) is 51.0 Å². The molecule has 0 aromatic carbocycles. The van der Waals surface area contributed by atoms with Crippen LogP contribution in [0, 0.1) is 0 Å². The van der Waals surface area contributed by atoms with Crippen LogP contribution in [0.1, 0.15) is 51.5 Å². The Labute approximate surface area is 192 Å². The fraction of sp³-hybridized carbons (Fsp3) is 0.636. The number of halogens is 1. The molecule has 1 saturated heterocycles. The lowest BCUT2D eigenvalue weighted by atomic mass is 9.97. The number of hydrogen-bond acceptors (Lipinski definition) is 4. The van der Waals surface area contributed by atoms with E-state index in [1.807, 2.05) is 12.3 Å².